The molecule has 0 aliphatic rings. The second-order valence-electron chi connectivity index (χ2n) is 3.72. The molecule has 0 aliphatic heterocycles. The van der Waals surface area contributed by atoms with Gasteiger partial charge in [0.1, 0.15) is 4.90 Å². The molecule has 0 spiro atoms. The van der Waals surface area contributed by atoms with Crippen LogP contribution in [0.1, 0.15) is 0 Å². The number of H-pyrrole nitrogens is 1. The van der Waals surface area contributed by atoms with E-state index < -0.39 is 25.7 Å². The van der Waals surface area contributed by atoms with E-state index in [0.29, 0.717) is 5.69 Å². The molecule has 0 radical (unpaired) electrons. The van der Waals surface area contributed by atoms with Crippen molar-refractivity contribution in [3.63, 3.8) is 0 Å². The maximum Gasteiger partial charge on any atom is 0.318 e. The van der Waals surface area contributed by atoms with Gasteiger partial charge in [0.2, 0.25) is 0 Å². The van der Waals surface area contributed by atoms with Gasteiger partial charge in [-0.05, 0) is 12.1 Å². The molecule has 1 aromatic heterocycles. The Labute approximate surface area is 102 Å². The maximum absolute atomic E-state index is 11.8. The number of nitrogens with zero attached hydrogens (tertiary/aromatic N) is 1. The Balaban J connectivity index is 2.74. The fourth-order valence-corrected chi connectivity index (χ4v) is 2.19. The lowest BCUT2D eigenvalue weighted by molar-refractivity contribution is 0.598. The maximum atomic E-state index is 11.8. The normalized spacial score (nSPS) is 11.4. The third-order valence-electron chi connectivity index (χ3n) is 2.36. The van der Waals surface area contributed by atoms with E-state index >= 15 is 0 Å². The number of rotatable bonds is 2. The number of benzene rings is 1. The molecule has 0 unspecified atom stereocenters. The van der Waals surface area contributed by atoms with Crippen molar-refractivity contribution in [3.05, 3.63) is 57.1 Å². The zero-order valence-corrected chi connectivity index (χ0v) is 10.3. The Morgan fingerprint density at radius 2 is 1.72 bits per heavy atom. The monoisotopic (exact) mass is 266 g/mol. The first kappa shape index (κ1) is 12.3. The molecule has 0 atom stereocenters. The molecule has 0 saturated carbocycles. The van der Waals surface area contributed by atoms with Crippen LogP contribution in [0.3, 0.4) is 0 Å². The lowest BCUT2D eigenvalue weighted by Crippen LogP contribution is -2.37. The van der Waals surface area contributed by atoms with E-state index in [1.54, 1.807) is 30.3 Å². The summed E-state index contributed by atoms with van der Waals surface area (Å²) in [4.78, 5) is 22.9. The van der Waals surface area contributed by atoms with E-state index in [4.69, 9.17) is 0 Å². The molecule has 2 aromatic rings. The Morgan fingerprint density at radius 1 is 1.11 bits per heavy atom. The fraction of sp³-hybridized carbons (Fsp3) is 0.0909. The predicted molar refractivity (Wildman–Crippen MR) is 65.8 cm³/mol. The molecule has 1 aromatic carbocycles. The molecule has 6 nitrogen and oxygen atoms in total. The Morgan fingerprint density at radius 3 is 2.28 bits per heavy atom. The summed E-state index contributed by atoms with van der Waals surface area (Å²) >= 11 is 0. The molecule has 0 aliphatic carbocycles. The van der Waals surface area contributed by atoms with Crippen molar-refractivity contribution in [1.29, 1.82) is 0 Å². The van der Waals surface area contributed by atoms with Crippen LogP contribution in [0.5, 0.6) is 0 Å². The van der Waals surface area contributed by atoms with E-state index in [2.05, 4.69) is 5.10 Å². The molecule has 0 bridgehead atoms. The summed E-state index contributed by atoms with van der Waals surface area (Å²) in [6.07, 6.45) is 1.90. The van der Waals surface area contributed by atoms with Crippen LogP contribution in [-0.2, 0) is 9.84 Å². The molecule has 2 rings (SSSR count). The summed E-state index contributed by atoms with van der Waals surface area (Å²) in [7, 11) is -3.71. The van der Waals surface area contributed by atoms with Gasteiger partial charge in [0.25, 0.3) is 5.43 Å². The molecular formula is C11H10N2O4S. The zero-order valence-electron chi connectivity index (χ0n) is 9.45. The van der Waals surface area contributed by atoms with Crippen LogP contribution in [0.2, 0.25) is 0 Å². The van der Waals surface area contributed by atoms with Crippen molar-refractivity contribution in [3.8, 4) is 5.69 Å². The van der Waals surface area contributed by atoms with Crippen molar-refractivity contribution in [1.82, 2.24) is 9.78 Å². The topological polar surface area (TPSA) is 89.0 Å². The highest BCUT2D eigenvalue weighted by atomic mass is 32.2. The van der Waals surface area contributed by atoms with Crippen LogP contribution in [0.25, 0.3) is 5.69 Å². The van der Waals surface area contributed by atoms with Gasteiger partial charge in [-0.15, -0.1) is 0 Å². The van der Waals surface area contributed by atoms with Gasteiger partial charge in [0.05, 0.1) is 5.69 Å². The summed E-state index contributed by atoms with van der Waals surface area (Å²) in [5.41, 5.74) is -1.51. The van der Waals surface area contributed by atoms with Crippen LogP contribution < -0.4 is 11.0 Å². The summed E-state index contributed by atoms with van der Waals surface area (Å²) in [5.74, 6) is 0. The van der Waals surface area contributed by atoms with Crippen LogP contribution in [0.4, 0.5) is 0 Å². The van der Waals surface area contributed by atoms with Gasteiger partial charge in [-0.25, -0.2) is 13.1 Å². The number of nitrogens with one attached hydrogen (secondary N) is 1. The summed E-state index contributed by atoms with van der Waals surface area (Å²) in [5, 5.41) is 2.49. The van der Waals surface area contributed by atoms with Gasteiger partial charge in [-0.1, -0.05) is 18.2 Å². The van der Waals surface area contributed by atoms with E-state index in [-0.39, 0.29) is 0 Å². The minimum absolute atomic E-state index is 0.458. The quantitative estimate of drug-likeness (QED) is 0.770. The highest BCUT2D eigenvalue weighted by molar-refractivity contribution is 7.90. The minimum Gasteiger partial charge on any atom is -0.297 e. The van der Waals surface area contributed by atoms with Crippen molar-refractivity contribution in [2.24, 2.45) is 0 Å². The van der Waals surface area contributed by atoms with Gasteiger partial charge in [-0.2, -0.15) is 0 Å². The predicted octanol–water partition coefficient (Wildman–Crippen LogP) is -0.0707. The second-order valence-corrected chi connectivity index (χ2v) is 5.70. The lowest BCUT2D eigenvalue weighted by atomic mass is 10.3. The third kappa shape index (κ3) is 2.12. The van der Waals surface area contributed by atoms with E-state index in [9.17, 15) is 18.0 Å². The highest BCUT2D eigenvalue weighted by Crippen LogP contribution is 2.02. The molecule has 1 N–H and O–H groups in total. The van der Waals surface area contributed by atoms with Gasteiger partial charge >= 0.3 is 5.56 Å². The molecule has 0 saturated heterocycles. The summed E-state index contributed by atoms with van der Waals surface area (Å²) < 4.78 is 23.6. The molecule has 94 valence electrons. The number of sulfone groups is 1. The Kier molecular flexibility index (Phi) is 2.92. The van der Waals surface area contributed by atoms with Gasteiger partial charge in [0, 0.05) is 12.5 Å². The Bertz CT molecular complexity index is 788. The minimum atomic E-state index is -3.71. The number of para-hydroxylation sites is 1. The lowest BCUT2D eigenvalue weighted by Gasteiger charge is -2.05. The summed E-state index contributed by atoms with van der Waals surface area (Å²) in [6, 6.07) is 8.40. The van der Waals surface area contributed by atoms with Crippen molar-refractivity contribution in [2.75, 3.05) is 6.26 Å². The Hall–Kier alpha value is -2.15. The molecule has 0 fully saturated rings. The second kappa shape index (κ2) is 4.26. The zero-order chi connectivity index (χ0) is 13.3. The smallest absolute Gasteiger partial charge is 0.297 e. The largest absolute Gasteiger partial charge is 0.318 e. The number of aromatic nitrogens is 2. The first-order valence-corrected chi connectivity index (χ1v) is 6.90. The van der Waals surface area contributed by atoms with Crippen LogP contribution in [0.15, 0.2) is 51.0 Å². The third-order valence-corrected chi connectivity index (χ3v) is 3.46. The fourth-order valence-electron chi connectivity index (χ4n) is 1.50. The van der Waals surface area contributed by atoms with Crippen LogP contribution in [0, 0.1) is 0 Å². The average molecular weight is 266 g/mol. The molecular weight excluding hydrogens is 256 g/mol. The average Bonchev–Trinajstić information content (AvgIpc) is 2.32. The van der Waals surface area contributed by atoms with Crippen molar-refractivity contribution >= 4 is 9.84 Å². The first-order chi connectivity index (χ1) is 8.41. The first-order valence-electron chi connectivity index (χ1n) is 5.01. The molecule has 0 amide bonds. The highest BCUT2D eigenvalue weighted by Gasteiger charge is 2.16. The van der Waals surface area contributed by atoms with Gasteiger partial charge in [0.15, 0.2) is 9.84 Å². The number of hydrogen-bond donors (Lipinski definition) is 1. The number of hydrogen-bond acceptors (Lipinski definition) is 4. The van der Waals surface area contributed by atoms with E-state index in [0.717, 1.165) is 17.1 Å². The van der Waals surface area contributed by atoms with Gasteiger partial charge in [-0.3, -0.25) is 14.7 Å². The summed E-state index contributed by atoms with van der Waals surface area (Å²) in [6.45, 7) is 0. The standard InChI is InChI=1S/C11H10N2O4S/c1-18(16,17)9-7-12-13(11(15)10(9)14)8-5-3-2-4-6-8/h2-7,12H,1H3. The van der Waals surface area contributed by atoms with Crippen LogP contribution >= 0.6 is 0 Å². The van der Waals surface area contributed by atoms with Crippen LogP contribution in [-0.4, -0.2) is 24.5 Å². The van der Waals surface area contributed by atoms with E-state index in [1.165, 1.54) is 0 Å². The van der Waals surface area contributed by atoms with E-state index in [1.807, 2.05) is 0 Å². The van der Waals surface area contributed by atoms with Crippen molar-refractivity contribution < 1.29 is 8.42 Å². The van der Waals surface area contributed by atoms with Crippen molar-refractivity contribution in [2.45, 2.75) is 4.90 Å². The molecule has 7 heteroatoms. The van der Waals surface area contributed by atoms with Gasteiger partial charge < -0.3 is 0 Å². The SMILES string of the molecule is CS(=O)(=O)c1c[nH]n(-c2ccccc2)c(=O)c1=O. The molecule has 18 heavy (non-hydrogen) atoms. The number of aromatic amines is 1. The molecule has 1 heterocycles.